The molecule has 0 aliphatic carbocycles. The van der Waals surface area contributed by atoms with Crippen LogP contribution in [0.3, 0.4) is 0 Å². The lowest BCUT2D eigenvalue weighted by Crippen LogP contribution is -2.43. The van der Waals surface area contributed by atoms with Gasteiger partial charge in [-0.05, 0) is 81.7 Å². The number of para-hydroxylation sites is 1. The Bertz CT molecular complexity index is 1110. The molecule has 0 unspecified atom stereocenters. The first-order chi connectivity index (χ1) is 17.8. The first kappa shape index (κ1) is 24.7. The van der Waals surface area contributed by atoms with Crippen LogP contribution in [0.2, 0.25) is 0 Å². The number of nitrogens with zero attached hydrogens (tertiary/aromatic N) is 5. The van der Waals surface area contributed by atoms with E-state index in [0.29, 0.717) is 26.2 Å². The van der Waals surface area contributed by atoms with Gasteiger partial charge in [0.25, 0.3) is 0 Å². The normalized spacial score (nSPS) is 17.6. The van der Waals surface area contributed by atoms with E-state index in [4.69, 9.17) is 4.74 Å². The summed E-state index contributed by atoms with van der Waals surface area (Å²) in [6.07, 6.45) is 6.91. The minimum Gasteiger partial charge on any atom is -0.492 e. The van der Waals surface area contributed by atoms with Crippen LogP contribution in [0.15, 0.2) is 65.7 Å². The van der Waals surface area contributed by atoms with E-state index in [1.54, 1.807) is 10.9 Å². The standard InChI is InChI=1S/C28H38N6O2/c35-28-33(23-30-34(28)20-14-29-15-21-36-27-6-2-1-3-7-27)26-10-8-24(9-11-26)22-31-18-12-25(13-19-31)32-16-4-5-17-32/h1-3,6-11,23,25,29H,4-5,12-22H2. The smallest absolute Gasteiger partial charge is 0.350 e. The molecule has 1 aromatic heterocycles. The monoisotopic (exact) mass is 490 g/mol. The van der Waals surface area contributed by atoms with Crippen molar-refractivity contribution >= 4 is 0 Å². The zero-order chi connectivity index (χ0) is 24.6. The third-order valence-corrected chi connectivity index (χ3v) is 7.36. The van der Waals surface area contributed by atoms with Crippen LogP contribution in [-0.2, 0) is 13.1 Å². The van der Waals surface area contributed by atoms with E-state index < -0.39 is 0 Å². The van der Waals surface area contributed by atoms with Gasteiger partial charge in [0, 0.05) is 25.7 Å². The molecule has 0 saturated carbocycles. The first-order valence-electron chi connectivity index (χ1n) is 13.3. The Kier molecular flexibility index (Phi) is 8.48. The summed E-state index contributed by atoms with van der Waals surface area (Å²) < 4.78 is 8.79. The second-order valence-electron chi connectivity index (χ2n) is 9.84. The van der Waals surface area contributed by atoms with Crippen LogP contribution in [0.25, 0.3) is 5.69 Å². The molecule has 0 amide bonds. The Morgan fingerprint density at radius 3 is 2.42 bits per heavy atom. The maximum atomic E-state index is 12.8. The lowest BCUT2D eigenvalue weighted by atomic mass is 10.0. The van der Waals surface area contributed by atoms with Gasteiger partial charge < -0.3 is 15.0 Å². The summed E-state index contributed by atoms with van der Waals surface area (Å²) in [6, 6.07) is 18.9. The molecule has 2 aliphatic heterocycles. The molecule has 2 saturated heterocycles. The van der Waals surface area contributed by atoms with Gasteiger partial charge in [0.2, 0.25) is 0 Å². The van der Waals surface area contributed by atoms with E-state index >= 15 is 0 Å². The van der Waals surface area contributed by atoms with Gasteiger partial charge in [-0.2, -0.15) is 5.10 Å². The topological polar surface area (TPSA) is 67.6 Å². The molecule has 0 radical (unpaired) electrons. The predicted molar refractivity (Wildman–Crippen MR) is 142 cm³/mol. The quantitative estimate of drug-likeness (QED) is 0.417. The molecule has 0 bridgehead atoms. The van der Waals surface area contributed by atoms with Crippen LogP contribution in [0.1, 0.15) is 31.2 Å². The van der Waals surface area contributed by atoms with Gasteiger partial charge in [-0.25, -0.2) is 14.0 Å². The Morgan fingerprint density at radius 1 is 0.917 bits per heavy atom. The molecule has 3 heterocycles. The van der Waals surface area contributed by atoms with Crippen molar-refractivity contribution in [2.45, 2.75) is 44.8 Å². The SMILES string of the molecule is O=c1n(-c2ccc(CN3CCC(N4CCCC4)CC3)cc2)cnn1CCNCCOc1ccccc1. The summed E-state index contributed by atoms with van der Waals surface area (Å²) in [6.45, 7) is 8.36. The van der Waals surface area contributed by atoms with E-state index in [2.05, 4.69) is 32.3 Å². The average Bonchev–Trinajstić information content (AvgIpc) is 3.58. The lowest BCUT2D eigenvalue weighted by molar-refractivity contribution is 0.122. The van der Waals surface area contributed by atoms with Gasteiger partial charge in [-0.15, -0.1) is 0 Å². The van der Waals surface area contributed by atoms with Crippen LogP contribution < -0.4 is 15.7 Å². The molecule has 192 valence electrons. The van der Waals surface area contributed by atoms with Crippen molar-refractivity contribution in [3.63, 3.8) is 0 Å². The van der Waals surface area contributed by atoms with Gasteiger partial charge in [0.15, 0.2) is 0 Å². The number of piperidine rings is 1. The lowest BCUT2D eigenvalue weighted by Gasteiger charge is -2.36. The third-order valence-electron chi connectivity index (χ3n) is 7.36. The fourth-order valence-electron chi connectivity index (χ4n) is 5.30. The highest BCUT2D eigenvalue weighted by atomic mass is 16.5. The molecule has 0 spiro atoms. The fraction of sp³-hybridized carbons (Fsp3) is 0.500. The van der Waals surface area contributed by atoms with Crippen LogP contribution >= 0.6 is 0 Å². The summed E-state index contributed by atoms with van der Waals surface area (Å²) in [5, 5.41) is 7.60. The maximum Gasteiger partial charge on any atom is 0.350 e. The van der Waals surface area contributed by atoms with Crippen molar-refractivity contribution in [1.82, 2.24) is 29.5 Å². The zero-order valence-electron chi connectivity index (χ0n) is 21.1. The van der Waals surface area contributed by atoms with Gasteiger partial charge in [0.1, 0.15) is 18.7 Å². The van der Waals surface area contributed by atoms with Crippen molar-refractivity contribution in [2.24, 2.45) is 0 Å². The van der Waals surface area contributed by atoms with Gasteiger partial charge in [-0.3, -0.25) is 4.90 Å². The molecule has 0 atom stereocenters. The number of rotatable bonds is 11. The highest BCUT2D eigenvalue weighted by Gasteiger charge is 2.26. The number of hydrogen-bond acceptors (Lipinski definition) is 6. The number of hydrogen-bond donors (Lipinski definition) is 1. The number of likely N-dealkylation sites (tertiary alicyclic amines) is 2. The number of nitrogens with one attached hydrogen (secondary N) is 1. The molecular formula is C28H38N6O2. The van der Waals surface area contributed by atoms with Crippen LogP contribution in [0, 0.1) is 0 Å². The van der Waals surface area contributed by atoms with Crippen molar-refractivity contribution in [1.29, 1.82) is 0 Å². The summed E-state index contributed by atoms with van der Waals surface area (Å²) in [5.41, 5.74) is 2.03. The zero-order valence-corrected chi connectivity index (χ0v) is 21.1. The molecule has 8 heteroatoms. The van der Waals surface area contributed by atoms with E-state index in [0.717, 1.165) is 24.0 Å². The van der Waals surface area contributed by atoms with Crippen LogP contribution in [-0.4, -0.2) is 76.1 Å². The van der Waals surface area contributed by atoms with Gasteiger partial charge >= 0.3 is 5.69 Å². The maximum absolute atomic E-state index is 12.8. The Labute approximate surface area is 213 Å². The second kappa shape index (κ2) is 12.3. The summed E-state index contributed by atoms with van der Waals surface area (Å²) in [5.74, 6) is 0.863. The molecule has 1 N–H and O–H groups in total. The molecular weight excluding hydrogens is 452 g/mol. The van der Waals surface area contributed by atoms with Crippen LogP contribution in [0.4, 0.5) is 0 Å². The number of ether oxygens (including phenoxy) is 1. The third kappa shape index (κ3) is 6.43. The Balaban J connectivity index is 1.05. The van der Waals surface area contributed by atoms with E-state index in [-0.39, 0.29) is 5.69 Å². The van der Waals surface area contributed by atoms with Gasteiger partial charge in [0.05, 0.1) is 12.2 Å². The molecule has 3 aromatic rings. The summed E-state index contributed by atoms with van der Waals surface area (Å²) >= 11 is 0. The molecule has 5 rings (SSSR count). The van der Waals surface area contributed by atoms with E-state index in [1.807, 2.05) is 42.5 Å². The number of benzene rings is 2. The fourth-order valence-corrected chi connectivity index (χ4v) is 5.30. The Hall–Kier alpha value is -2.94. The minimum absolute atomic E-state index is 0.117. The molecule has 36 heavy (non-hydrogen) atoms. The van der Waals surface area contributed by atoms with E-state index in [1.165, 1.54) is 62.1 Å². The van der Waals surface area contributed by atoms with E-state index in [9.17, 15) is 4.79 Å². The first-order valence-corrected chi connectivity index (χ1v) is 13.3. The summed E-state index contributed by atoms with van der Waals surface area (Å²) in [7, 11) is 0. The van der Waals surface area contributed by atoms with Gasteiger partial charge in [-0.1, -0.05) is 30.3 Å². The largest absolute Gasteiger partial charge is 0.492 e. The minimum atomic E-state index is -0.117. The molecule has 8 nitrogen and oxygen atoms in total. The molecule has 2 aliphatic rings. The molecule has 2 fully saturated rings. The number of aromatic nitrogens is 3. The van der Waals surface area contributed by atoms with Crippen molar-refractivity contribution in [3.05, 3.63) is 77.0 Å². The van der Waals surface area contributed by atoms with Crippen LogP contribution in [0.5, 0.6) is 5.75 Å². The Morgan fingerprint density at radius 2 is 1.67 bits per heavy atom. The van der Waals surface area contributed by atoms with Crippen molar-refractivity contribution in [2.75, 3.05) is 45.9 Å². The van der Waals surface area contributed by atoms with Crippen molar-refractivity contribution < 1.29 is 4.74 Å². The predicted octanol–water partition coefficient (Wildman–Crippen LogP) is 2.76. The molecule has 2 aromatic carbocycles. The van der Waals surface area contributed by atoms with Crippen molar-refractivity contribution in [3.8, 4) is 11.4 Å². The second-order valence-corrected chi connectivity index (χ2v) is 9.84. The summed E-state index contributed by atoms with van der Waals surface area (Å²) in [4.78, 5) is 18.1. The highest BCUT2D eigenvalue weighted by molar-refractivity contribution is 5.34. The average molecular weight is 491 g/mol. The highest BCUT2D eigenvalue weighted by Crippen LogP contribution is 2.22.